The molecule has 3 heterocycles. The van der Waals surface area contributed by atoms with Crippen LogP contribution in [-0.2, 0) is 17.8 Å². The van der Waals surface area contributed by atoms with Crippen molar-refractivity contribution in [1.29, 1.82) is 0 Å². The Kier molecular flexibility index (Phi) is 4.43. The average molecular weight is 391 g/mol. The van der Waals surface area contributed by atoms with Crippen LogP contribution in [-0.4, -0.2) is 35.0 Å². The van der Waals surface area contributed by atoms with Crippen molar-refractivity contribution in [3.05, 3.63) is 65.2 Å². The van der Waals surface area contributed by atoms with Crippen LogP contribution < -0.4 is 10.1 Å². The van der Waals surface area contributed by atoms with E-state index in [0.29, 0.717) is 12.3 Å². The Bertz CT molecular complexity index is 924. The van der Waals surface area contributed by atoms with E-state index >= 15 is 0 Å². The molecule has 1 amide bonds. The van der Waals surface area contributed by atoms with E-state index in [9.17, 15) is 4.79 Å². The normalized spacial score (nSPS) is 28.2. The minimum Gasteiger partial charge on any atom is -0.487 e. The predicted octanol–water partition coefficient (Wildman–Crippen LogP) is 4.04. The predicted molar refractivity (Wildman–Crippen MR) is 114 cm³/mol. The summed E-state index contributed by atoms with van der Waals surface area (Å²) >= 11 is 0. The third-order valence-corrected chi connectivity index (χ3v) is 6.76. The Balaban J connectivity index is 1.39. The lowest BCUT2D eigenvalue weighted by atomic mass is 9.76. The summed E-state index contributed by atoms with van der Waals surface area (Å²) in [6.45, 7) is 7.09. The van der Waals surface area contributed by atoms with E-state index in [1.807, 2.05) is 0 Å². The summed E-state index contributed by atoms with van der Waals surface area (Å²) in [4.78, 5) is 14.8. The molecule has 0 saturated carbocycles. The number of likely N-dealkylation sites (tertiary alicyclic amines) is 1. The molecule has 4 heteroatoms. The van der Waals surface area contributed by atoms with Gasteiger partial charge in [-0.25, -0.2) is 0 Å². The van der Waals surface area contributed by atoms with Crippen molar-refractivity contribution in [2.45, 2.75) is 63.1 Å². The molecule has 0 unspecified atom stereocenters. The van der Waals surface area contributed by atoms with Crippen molar-refractivity contribution in [3.8, 4) is 5.75 Å². The van der Waals surface area contributed by atoms with Crippen molar-refractivity contribution in [2.24, 2.45) is 0 Å². The number of hydrogen-bond donors (Lipinski definition) is 1. The number of piperidine rings is 1. The standard InChI is InChI=1S/C25H30N2O2/c1-24(2)14-20-13-18(10-11-22(20)29-24)15-27-16-21(19-7-4-3-5-8-19)25(17-27)12-6-9-23(28)26-25/h3-5,7-8,10-11,13,21H,6,9,12,14-17H2,1-2H3,(H,26,28)/t21-,25+/m0/s1. The number of nitrogens with zero attached hydrogens (tertiary/aromatic N) is 1. The molecular formula is C25H30N2O2. The second kappa shape index (κ2) is 6.88. The van der Waals surface area contributed by atoms with Gasteiger partial charge in [-0.15, -0.1) is 0 Å². The molecule has 3 aliphatic rings. The lowest BCUT2D eigenvalue weighted by molar-refractivity contribution is -0.125. The molecule has 0 radical (unpaired) electrons. The quantitative estimate of drug-likeness (QED) is 0.860. The summed E-state index contributed by atoms with van der Waals surface area (Å²) in [6, 6.07) is 17.3. The topological polar surface area (TPSA) is 41.6 Å². The highest BCUT2D eigenvalue weighted by molar-refractivity contribution is 5.78. The third kappa shape index (κ3) is 3.55. The van der Waals surface area contributed by atoms with E-state index in [4.69, 9.17) is 4.74 Å². The van der Waals surface area contributed by atoms with Crippen molar-refractivity contribution in [3.63, 3.8) is 0 Å². The molecule has 2 fully saturated rings. The summed E-state index contributed by atoms with van der Waals surface area (Å²) in [5.74, 6) is 1.57. The van der Waals surface area contributed by atoms with Crippen LogP contribution in [0, 0.1) is 0 Å². The molecule has 0 aromatic heterocycles. The number of benzene rings is 2. The van der Waals surface area contributed by atoms with Gasteiger partial charge < -0.3 is 10.1 Å². The van der Waals surface area contributed by atoms with Gasteiger partial charge in [0.25, 0.3) is 0 Å². The number of ether oxygens (including phenoxy) is 1. The fourth-order valence-electron chi connectivity index (χ4n) is 5.60. The number of fused-ring (bicyclic) bond motifs is 1. The summed E-state index contributed by atoms with van der Waals surface area (Å²) in [6.07, 6.45) is 3.65. The SMILES string of the molecule is CC1(C)Cc2cc(CN3C[C@@H](c4ccccc4)[C@@]4(CCCC(=O)N4)C3)ccc2O1. The highest BCUT2D eigenvalue weighted by Gasteiger charge is 2.49. The Labute approximate surface area is 173 Å². The van der Waals surface area contributed by atoms with E-state index in [1.165, 1.54) is 16.7 Å². The smallest absolute Gasteiger partial charge is 0.220 e. The first-order chi connectivity index (χ1) is 13.9. The van der Waals surface area contributed by atoms with Crippen LogP contribution >= 0.6 is 0 Å². The number of nitrogens with one attached hydrogen (secondary N) is 1. The Morgan fingerprint density at radius 3 is 2.79 bits per heavy atom. The summed E-state index contributed by atoms with van der Waals surface area (Å²) in [5, 5.41) is 3.41. The molecule has 2 saturated heterocycles. The van der Waals surface area contributed by atoms with Crippen LogP contribution in [0.25, 0.3) is 0 Å². The van der Waals surface area contributed by atoms with Crippen molar-refractivity contribution < 1.29 is 9.53 Å². The molecule has 3 aliphatic heterocycles. The second-order valence-corrected chi connectivity index (χ2v) is 9.67. The number of carbonyl (C=O) groups is 1. The van der Waals surface area contributed by atoms with Crippen LogP contribution in [0.2, 0.25) is 0 Å². The monoisotopic (exact) mass is 390 g/mol. The van der Waals surface area contributed by atoms with Gasteiger partial charge >= 0.3 is 0 Å². The number of rotatable bonds is 3. The number of hydrogen-bond acceptors (Lipinski definition) is 3. The van der Waals surface area contributed by atoms with Gasteiger partial charge in [-0.1, -0.05) is 42.5 Å². The van der Waals surface area contributed by atoms with Gasteiger partial charge in [-0.2, -0.15) is 0 Å². The van der Waals surface area contributed by atoms with E-state index < -0.39 is 0 Å². The number of amides is 1. The zero-order valence-corrected chi connectivity index (χ0v) is 17.4. The molecule has 4 nitrogen and oxygen atoms in total. The molecule has 0 bridgehead atoms. The van der Waals surface area contributed by atoms with Crippen LogP contribution in [0.4, 0.5) is 0 Å². The molecule has 2 atom stereocenters. The third-order valence-electron chi connectivity index (χ3n) is 6.76. The van der Waals surface area contributed by atoms with Gasteiger partial charge in [0.1, 0.15) is 11.4 Å². The zero-order valence-electron chi connectivity index (χ0n) is 17.4. The first-order valence-corrected chi connectivity index (χ1v) is 10.8. The summed E-state index contributed by atoms with van der Waals surface area (Å²) in [7, 11) is 0. The first kappa shape index (κ1) is 18.7. The lowest BCUT2D eigenvalue weighted by Gasteiger charge is -2.39. The van der Waals surface area contributed by atoms with Crippen molar-refractivity contribution in [1.82, 2.24) is 10.2 Å². The minimum atomic E-state index is -0.140. The molecule has 5 rings (SSSR count). The Hall–Kier alpha value is -2.33. The molecular weight excluding hydrogens is 360 g/mol. The van der Waals surface area contributed by atoms with Crippen LogP contribution in [0.3, 0.4) is 0 Å². The van der Waals surface area contributed by atoms with Crippen LogP contribution in [0.15, 0.2) is 48.5 Å². The maximum Gasteiger partial charge on any atom is 0.220 e. The average Bonchev–Trinajstić information content (AvgIpc) is 3.17. The van der Waals surface area contributed by atoms with Gasteiger partial charge in [0.15, 0.2) is 0 Å². The van der Waals surface area contributed by atoms with Gasteiger partial charge in [0, 0.05) is 38.4 Å². The highest BCUT2D eigenvalue weighted by Crippen LogP contribution is 2.42. The second-order valence-electron chi connectivity index (χ2n) is 9.67. The largest absolute Gasteiger partial charge is 0.487 e. The highest BCUT2D eigenvalue weighted by atomic mass is 16.5. The molecule has 152 valence electrons. The van der Waals surface area contributed by atoms with Gasteiger partial charge in [0.05, 0.1) is 5.54 Å². The Morgan fingerprint density at radius 2 is 2.00 bits per heavy atom. The maximum atomic E-state index is 12.3. The van der Waals surface area contributed by atoms with E-state index in [1.54, 1.807) is 0 Å². The fraction of sp³-hybridized carbons (Fsp3) is 0.480. The van der Waals surface area contributed by atoms with E-state index in [-0.39, 0.29) is 17.0 Å². The molecule has 1 N–H and O–H groups in total. The lowest BCUT2D eigenvalue weighted by Crippen LogP contribution is -2.56. The molecule has 0 aliphatic carbocycles. The van der Waals surface area contributed by atoms with E-state index in [0.717, 1.165) is 44.6 Å². The summed E-state index contributed by atoms with van der Waals surface area (Å²) < 4.78 is 6.03. The Morgan fingerprint density at radius 1 is 1.17 bits per heavy atom. The first-order valence-electron chi connectivity index (χ1n) is 10.8. The molecule has 1 spiro atoms. The van der Waals surface area contributed by atoms with Crippen LogP contribution in [0.1, 0.15) is 55.7 Å². The summed E-state index contributed by atoms with van der Waals surface area (Å²) in [5.41, 5.74) is 3.73. The minimum absolute atomic E-state index is 0.108. The van der Waals surface area contributed by atoms with Gasteiger partial charge in [-0.05, 0) is 49.4 Å². The van der Waals surface area contributed by atoms with Crippen molar-refractivity contribution in [2.75, 3.05) is 13.1 Å². The molecule has 2 aromatic carbocycles. The fourth-order valence-corrected chi connectivity index (χ4v) is 5.60. The van der Waals surface area contributed by atoms with Crippen molar-refractivity contribution >= 4 is 5.91 Å². The van der Waals surface area contributed by atoms with Crippen LogP contribution in [0.5, 0.6) is 5.75 Å². The molecule has 29 heavy (non-hydrogen) atoms. The zero-order chi connectivity index (χ0) is 20.1. The van der Waals surface area contributed by atoms with Gasteiger partial charge in [0.2, 0.25) is 5.91 Å². The van der Waals surface area contributed by atoms with Gasteiger partial charge in [-0.3, -0.25) is 9.69 Å². The molecule has 2 aromatic rings. The number of carbonyl (C=O) groups excluding carboxylic acids is 1. The maximum absolute atomic E-state index is 12.3. The van der Waals surface area contributed by atoms with E-state index in [2.05, 4.69) is 72.6 Å².